The van der Waals surface area contributed by atoms with Crippen LogP contribution in [0.15, 0.2) is 78.0 Å². The van der Waals surface area contributed by atoms with Gasteiger partial charge in [0.05, 0.1) is 18.4 Å². The molecule has 4 aromatic rings. The van der Waals surface area contributed by atoms with Crippen molar-refractivity contribution in [3.05, 3.63) is 79.1 Å². The molecule has 0 saturated carbocycles. The van der Waals surface area contributed by atoms with Gasteiger partial charge < -0.3 is 15.2 Å². The zero-order valence-corrected chi connectivity index (χ0v) is 15.1. The highest BCUT2D eigenvalue weighted by Gasteiger charge is 2.14. The number of rotatable bonds is 6. The predicted molar refractivity (Wildman–Crippen MR) is 104 cm³/mol. The fourth-order valence-electron chi connectivity index (χ4n) is 2.58. The van der Waals surface area contributed by atoms with E-state index in [4.69, 9.17) is 4.52 Å². The summed E-state index contributed by atoms with van der Waals surface area (Å²) in [5.74, 6) is 0.264. The van der Waals surface area contributed by atoms with E-state index in [1.54, 1.807) is 35.4 Å². The fourth-order valence-corrected chi connectivity index (χ4v) is 2.58. The van der Waals surface area contributed by atoms with E-state index in [0.717, 1.165) is 5.56 Å². The first-order chi connectivity index (χ1) is 14.2. The number of nitrogens with zero attached hydrogens (tertiary/aromatic N) is 4. The monoisotopic (exact) mass is 388 g/mol. The predicted octanol–water partition coefficient (Wildman–Crippen LogP) is 2.29. The molecule has 3 heterocycles. The number of amides is 2. The Morgan fingerprint density at radius 2 is 1.97 bits per heavy atom. The Bertz CT molecular complexity index is 1100. The summed E-state index contributed by atoms with van der Waals surface area (Å²) in [4.78, 5) is 32.5. The first kappa shape index (κ1) is 18.1. The topological polar surface area (TPSA) is 115 Å². The highest BCUT2D eigenvalue weighted by atomic mass is 16.5. The molecule has 0 bridgehead atoms. The number of aromatic nitrogens is 4. The molecule has 0 unspecified atom stereocenters. The minimum atomic E-state index is -0.500. The minimum Gasteiger partial charge on any atom is -0.355 e. The number of nitrogens with one attached hydrogen (secondary N) is 2. The van der Waals surface area contributed by atoms with Crippen LogP contribution in [-0.4, -0.2) is 38.1 Å². The van der Waals surface area contributed by atoms with Crippen LogP contribution in [0.5, 0.6) is 0 Å². The van der Waals surface area contributed by atoms with Gasteiger partial charge in [-0.05, 0) is 12.1 Å². The van der Waals surface area contributed by atoms with Crippen LogP contribution in [0.2, 0.25) is 0 Å². The first-order valence-electron chi connectivity index (χ1n) is 8.73. The van der Waals surface area contributed by atoms with Crippen molar-refractivity contribution in [3.63, 3.8) is 0 Å². The van der Waals surface area contributed by atoms with Gasteiger partial charge in [-0.25, -0.2) is 9.97 Å². The lowest BCUT2D eigenvalue weighted by molar-refractivity contribution is -0.115. The van der Waals surface area contributed by atoms with Crippen molar-refractivity contribution in [1.29, 1.82) is 0 Å². The van der Waals surface area contributed by atoms with E-state index in [0.29, 0.717) is 17.3 Å². The summed E-state index contributed by atoms with van der Waals surface area (Å²) in [7, 11) is 0. The van der Waals surface area contributed by atoms with Crippen molar-refractivity contribution in [2.75, 3.05) is 11.9 Å². The maximum atomic E-state index is 12.2. The van der Waals surface area contributed by atoms with Gasteiger partial charge in [-0.2, -0.15) is 0 Å². The van der Waals surface area contributed by atoms with Crippen LogP contribution in [0.3, 0.4) is 0 Å². The number of hydrogen-bond donors (Lipinski definition) is 2. The summed E-state index contributed by atoms with van der Waals surface area (Å²) in [6.45, 7) is -0.213. The second kappa shape index (κ2) is 8.17. The third kappa shape index (κ3) is 4.35. The summed E-state index contributed by atoms with van der Waals surface area (Å²) in [5, 5.41) is 8.93. The zero-order chi connectivity index (χ0) is 20.1. The van der Waals surface area contributed by atoms with E-state index >= 15 is 0 Å². The average Bonchev–Trinajstić information content (AvgIpc) is 3.46. The second-order valence-corrected chi connectivity index (χ2v) is 6.05. The average molecular weight is 388 g/mol. The highest BCUT2D eigenvalue weighted by molar-refractivity contribution is 5.98. The van der Waals surface area contributed by atoms with E-state index in [9.17, 15) is 9.59 Å². The quantitative estimate of drug-likeness (QED) is 0.524. The third-order valence-electron chi connectivity index (χ3n) is 4.01. The van der Waals surface area contributed by atoms with E-state index in [1.807, 2.05) is 30.3 Å². The standard InChI is InChI=1S/C20H16N6O3/c27-19(24-15-6-7-18(22-11-15)26-9-8-21-13-26)12-23-20(28)16-10-17(29-25-16)14-4-2-1-3-5-14/h1-11,13H,12H2,(H,23,28)(H,24,27). The second-order valence-electron chi connectivity index (χ2n) is 6.05. The normalized spacial score (nSPS) is 10.5. The third-order valence-corrected chi connectivity index (χ3v) is 4.01. The molecule has 0 aliphatic heterocycles. The van der Waals surface area contributed by atoms with Crippen LogP contribution in [0.25, 0.3) is 17.1 Å². The van der Waals surface area contributed by atoms with Crippen LogP contribution in [0, 0.1) is 0 Å². The molecule has 0 fully saturated rings. The van der Waals surface area contributed by atoms with Gasteiger partial charge in [0, 0.05) is 24.0 Å². The van der Waals surface area contributed by atoms with Gasteiger partial charge in [-0.15, -0.1) is 0 Å². The summed E-state index contributed by atoms with van der Waals surface area (Å²) in [5.41, 5.74) is 1.42. The zero-order valence-electron chi connectivity index (χ0n) is 15.1. The Hall–Kier alpha value is -4.27. The number of benzene rings is 1. The Labute approximate surface area is 165 Å². The molecule has 9 heteroatoms. The summed E-state index contributed by atoms with van der Waals surface area (Å²) in [6.07, 6.45) is 6.57. The number of anilines is 1. The smallest absolute Gasteiger partial charge is 0.273 e. The summed E-state index contributed by atoms with van der Waals surface area (Å²) < 4.78 is 6.93. The fraction of sp³-hybridized carbons (Fsp3) is 0.0500. The molecule has 2 amide bonds. The SMILES string of the molecule is O=C(CNC(=O)c1cc(-c2ccccc2)on1)Nc1ccc(-n2ccnc2)nc1. The van der Waals surface area contributed by atoms with E-state index in [2.05, 4.69) is 25.8 Å². The Morgan fingerprint density at radius 3 is 2.69 bits per heavy atom. The number of carbonyl (C=O) groups is 2. The molecule has 0 radical (unpaired) electrons. The molecule has 2 N–H and O–H groups in total. The van der Waals surface area contributed by atoms with E-state index in [-0.39, 0.29) is 18.1 Å². The number of carbonyl (C=O) groups excluding carboxylic acids is 2. The molecular weight excluding hydrogens is 372 g/mol. The van der Waals surface area contributed by atoms with Crippen LogP contribution < -0.4 is 10.6 Å². The Balaban J connectivity index is 1.30. The van der Waals surface area contributed by atoms with Crippen LogP contribution in [-0.2, 0) is 4.79 Å². The molecule has 0 spiro atoms. The largest absolute Gasteiger partial charge is 0.355 e. The van der Waals surface area contributed by atoms with Crippen molar-refractivity contribution < 1.29 is 14.1 Å². The number of pyridine rings is 1. The Morgan fingerprint density at radius 1 is 1.10 bits per heavy atom. The molecule has 0 saturated heterocycles. The molecule has 9 nitrogen and oxygen atoms in total. The molecule has 3 aromatic heterocycles. The molecule has 0 aliphatic carbocycles. The molecule has 1 aromatic carbocycles. The molecule has 0 atom stereocenters. The van der Waals surface area contributed by atoms with Crippen molar-refractivity contribution in [3.8, 4) is 17.1 Å². The summed E-state index contributed by atoms with van der Waals surface area (Å²) >= 11 is 0. The first-order valence-corrected chi connectivity index (χ1v) is 8.73. The van der Waals surface area contributed by atoms with E-state index in [1.165, 1.54) is 12.3 Å². The maximum Gasteiger partial charge on any atom is 0.273 e. The van der Waals surface area contributed by atoms with E-state index < -0.39 is 5.91 Å². The van der Waals surface area contributed by atoms with Gasteiger partial charge in [-0.1, -0.05) is 35.5 Å². The van der Waals surface area contributed by atoms with Crippen LogP contribution in [0.1, 0.15) is 10.5 Å². The minimum absolute atomic E-state index is 0.100. The number of imidazole rings is 1. The van der Waals surface area contributed by atoms with Crippen molar-refractivity contribution in [2.24, 2.45) is 0 Å². The molecule has 0 aliphatic rings. The molecular formula is C20H16N6O3. The van der Waals surface area contributed by atoms with Crippen molar-refractivity contribution in [1.82, 2.24) is 25.0 Å². The van der Waals surface area contributed by atoms with Gasteiger partial charge in [0.15, 0.2) is 11.5 Å². The van der Waals surface area contributed by atoms with Gasteiger partial charge >= 0.3 is 0 Å². The van der Waals surface area contributed by atoms with Gasteiger partial charge in [0.1, 0.15) is 12.1 Å². The van der Waals surface area contributed by atoms with Crippen LogP contribution >= 0.6 is 0 Å². The van der Waals surface area contributed by atoms with Gasteiger partial charge in [0.2, 0.25) is 5.91 Å². The lowest BCUT2D eigenvalue weighted by Gasteiger charge is -2.07. The van der Waals surface area contributed by atoms with Crippen molar-refractivity contribution >= 4 is 17.5 Å². The van der Waals surface area contributed by atoms with Gasteiger partial charge in [0.25, 0.3) is 5.91 Å². The van der Waals surface area contributed by atoms with Gasteiger partial charge in [-0.3, -0.25) is 14.2 Å². The maximum absolute atomic E-state index is 12.2. The summed E-state index contributed by atoms with van der Waals surface area (Å²) in [6, 6.07) is 14.3. The van der Waals surface area contributed by atoms with Crippen LogP contribution in [0.4, 0.5) is 5.69 Å². The molecule has 4 rings (SSSR count). The number of hydrogen-bond acceptors (Lipinski definition) is 6. The molecule has 144 valence electrons. The Kier molecular flexibility index (Phi) is 5.10. The molecule has 29 heavy (non-hydrogen) atoms. The lowest BCUT2D eigenvalue weighted by Crippen LogP contribution is -2.33. The lowest BCUT2D eigenvalue weighted by atomic mass is 10.1. The van der Waals surface area contributed by atoms with Crippen molar-refractivity contribution in [2.45, 2.75) is 0 Å². The highest BCUT2D eigenvalue weighted by Crippen LogP contribution is 2.19.